The number of rotatable bonds is 6. The third kappa shape index (κ3) is 4.47. The minimum Gasteiger partial charge on any atom is -0.479 e. The minimum absolute atomic E-state index is 0.00762. The Kier molecular flexibility index (Phi) is 5.65. The standard InChI is InChI=1S/C19H15ClN2O3S/c20-14-8-4-7-13(9-14)18-21-15(11-26-18)10-16(23)22-17(19(24)25)12-5-2-1-3-6-12/h1-9,11,17H,10H2,(H,22,23)(H,24,25)/t17-/m0/s1. The van der Waals surface area contributed by atoms with E-state index >= 15 is 0 Å². The summed E-state index contributed by atoms with van der Waals surface area (Å²) in [5, 5.41) is 15.1. The molecule has 0 saturated heterocycles. The first-order valence-electron chi connectivity index (χ1n) is 7.80. The van der Waals surface area contributed by atoms with Crippen molar-refractivity contribution >= 4 is 34.8 Å². The summed E-state index contributed by atoms with van der Waals surface area (Å²) in [4.78, 5) is 28.2. The lowest BCUT2D eigenvalue weighted by atomic mass is 10.1. The highest BCUT2D eigenvalue weighted by Gasteiger charge is 2.22. The Labute approximate surface area is 159 Å². The number of carboxylic acid groups (broad SMARTS) is 1. The number of benzene rings is 2. The van der Waals surface area contributed by atoms with Gasteiger partial charge in [-0.2, -0.15) is 0 Å². The number of carbonyl (C=O) groups is 2. The summed E-state index contributed by atoms with van der Waals surface area (Å²) >= 11 is 7.40. The van der Waals surface area contributed by atoms with Crippen molar-refractivity contribution in [1.29, 1.82) is 0 Å². The fourth-order valence-corrected chi connectivity index (χ4v) is 3.46. The van der Waals surface area contributed by atoms with Crippen molar-refractivity contribution in [2.45, 2.75) is 12.5 Å². The lowest BCUT2D eigenvalue weighted by Gasteiger charge is -2.14. The molecule has 0 radical (unpaired) electrons. The molecule has 0 spiro atoms. The van der Waals surface area contributed by atoms with Crippen molar-refractivity contribution in [2.24, 2.45) is 0 Å². The number of aliphatic carboxylic acids is 1. The van der Waals surface area contributed by atoms with Crippen LogP contribution in [0, 0.1) is 0 Å². The zero-order valence-corrected chi connectivity index (χ0v) is 15.1. The number of hydrogen-bond acceptors (Lipinski definition) is 4. The largest absolute Gasteiger partial charge is 0.479 e. The Balaban J connectivity index is 1.69. The SMILES string of the molecule is O=C(Cc1csc(-c2cccc(Cl)c2)n1)N[C@H](C(=O)O)c1ccccc1. The second-order valence-electron chi connectivity index (χ2n) is 5.58. The van der Waals surface area contributed by atoms with Crippen LogP contribution in [-0.2, 0) is 16.0 Å². The van der Waals surface area contributed by atoms with E-state index < -0.39 is 17.9 Å². The zero-order valence-electron chi connectivity index (χ0n) is 13.6. The first-order chi connectivity index (χ1) is 12.5. The van der Waals surface area contributed by atoms with E-state index in [9.17, 15) is 14.7 Å². The summed E-state index contributed by atoms with van der Waals surface area (Å²) in [5.74, 6) is -1.51. The summed E-state index contributed by atoms with van der Waals surface area (Å²) in [7, 11) is 0. The number of thiazole rings is 1. The van der Waals surface area contributed by atoms with Crippen LogP contribution in [0.5, 0.6) is 0 Å². The molecule has 3 rings (SSSR count). The fourth-order valence-electron chi connectivity index (χ4n) is 2.45. The van der Waals surface area contributed by atoms with Gasteiger partial charge in [-0.05, 0) is 17.7 Å². The van der Waals surface area contributed by atoms with Gasteiger partial charge in [-0.25, -0.2) is 9.78 Å². The molecule has 0 unspecified atom stereocenters. The van der Waals surface area contributed by atoms with E-state index in [0.29, 0.717) is 16.3 Å². The first kappa shape index (κ1) is 18.1. The van der Waals surface area contributed by atoms with Crippen LogP contribution in [0.4, 0.5) is 0 Å². The highest BCUT2D eigenvalue weighted by Crippen LogP contribution is 2.26. The van der Waals surface area contributed by atoms with Gasteiger partial charge in [-0.3, -0.25) is 4.79 Å². The van der Waals surface area contributed by atoms with Crippen LogP contribution in [0.2, 0.25) is 5.02 Å². The molecule has 3 aromatic rings. The molecule has 26 heavy (non-hydrogen) atoms. The molecule has 0 aliphatic heterocycles. The molecule has 1 amide bonds. The quantitative estimate of drug-likeness (QED) is 0.672. The zero-order chi connectivity index (χ0) is 18.5. The van der Waals surface area contributed by atoms with Crippen LogP contribution < -0.4 is 5.32 Å². The number of aromatic nitrogens is 1. The number of halogens is 1. The highest BCUT2D eigenvalue weighted by atomic mass is 35.5. The molecule has 7 heteroatoms. The lowest BCUT2D eigenvalue weighted by molar-refractivity contribution is -0.142. The molecule has 1 atom stereocenters. The summed E-state index contributed by atoms with van der Waals surface area (Å²) in [5.41, 5.74) is 1.98. The number of amides is 1. The van der Waals surface area contributed by atoms with E-state index in [1.165, 1.54) is 11.3 Å². The Morgan fingerprint density at radius 2 is 1.92 bits per heavy atom. The molecule has 1 aromatic heterocycles. The van der Waals surface area contributed by atoms with Crippen molar-refractivity contribution in [1.82, 2.24) is 10.3 Å². The van der Waals surface area contributed by atoms with Gasteiger partial charge in [0, 0.05) is 16.0 Å². The van der Waals surface area contributed by atoms with Crippen LogP contribution >= 0.6 is 22.9 Å². The molecule has 2 aromatic carbocycles. The number of nitrogens with one attached hydrogen (secondary N) is 1. The van der Waals surface area contributed by atoms with Gasteiger partial charge >= 0.3 is 5.97 Å². The predicted molar refractivity (Wildman–Crippen MR) is 101 cm³/mol. The fraction of sp³-hybridized carbons (Fsp3) is 0.105. The third-order valence-electron chi connectivity index (χ3n) is 3.65. The molecular weight excluding hydrogens is 372 g/mol. The van der Waals surface area contributed by atoms with Crippen molar-refractivity contribution in [3.63, 3.8) is 0 Å². The summed E-state index contributed by atoms with van der Waals surface area (Å²) in [6, 6.07) is 14.8. The Bertz CT molecular complexity index is 927. The van der Waals surface area contributed by atoms with Gasteiger partial charge in [0.25, 0.3) is 0 Å². The Hall–Kier alpha value is -2.70. The molecule has 2 N–H and O–H groups in total. The molecule has 0 fully saturated rings. The van der Waals surface area contributed by atoms with Crippen molar-refractivity contribution < 1.29 is 14.7 Å². The molecule has 1 heterocycles. The van der Waals surface area contributed by atoms with Gasteiger partial charge in [0.15, 0.2) is 6.04 Å². The van der Waals surface area contributed by atoms with Gasteiger partial charge in [0.1, 0.15) is 5.01 Å². The van der Waals surface area contributed by atoms with Gasteiger partial charge in [0.2, 0.25) is 5.91 Å². The topological polar surface area (TPSA) is 79.3 Å². The van der Waals surface area contributed by atoms with E-state index in [1.807, 2.05) is 12.1 Å². The summed E-state index contributed by atoms with van der Waals surface area (Å²) in [6.45, 7) is 0. The highest BCUT2D eigenvalue weighted by molar-refractivity contribution is 7.13. The normalized spacial score (nSPS) is 11.7. The smallest absolute Gasteiger partial charge is 0.330 e. The minimum atomic E-state index is -1.11. The summed E-state index contributed by atoms with van der Waals surface area (Å²) in [6.07, 6.45) is 0.00762. The maximum absolute atomic E-state index is 12.3. The molecule has 0 saturated carbocycles. The van der Waals surface area contributed by atoms with Crippen LogP contribution in [0.3, 0.4) is 0 Å². The summed E-state index contributed by atoms with van der Waals surface area (Å²) < 4.78 is 0. The number of carbonyl (C=O) groups excluding carboxylic acids is 1. The monoisotopic (exact) mass is 386 g/mol. The predicted octanol–water partition coefficient (Wildman–Crippen LogP) is 3.95. The van der Waals surface area contributed by atoms with Crippen LogP contribution in [0.15, 0.2) is 60.0 Å². The van der Waals surface area contributed by atoms with E-state index in [1.54, 1.807) is 47.8 Å². The van der Waals surface area contributed by atoms with Crippen LogP contribution in [0.25, 0.3) is 10.6 Å². The Morgan fingerprint density at radius 3 is 2.62 bits per heavy atom. The molecule has 0 bridgehead atoms. The first-order valence-corrected chi connectivity index (χ1v) is 9.06. The molecule has 0 aliphatic rings. The van der Waals surface area contributed by atoms with Crippen molar-refractivity contribution in [3.8, 4) is 10.6 Å². The average Bonchev–Trinajstić information content (AvgIpc) is 3.08. The number of carboxylic acids is 1. The third-order valence-corrected chi connectivity index (χ3v) is 4.83. The van der Waals surface area contributed by atoms with E-state index in [2.05, 4.69) is 10.3 Å². The number of hydrogen-bond donors (Lipinski definition) is 2. The molecule has 0 aliphatic carbocycles. The molecule has 5 nitrogen and oxygen atoms in total. The van der Waals surface area contributed by atoms with Gasteiger partial charge in [-0.15, -0.1) is 11.3 Å². The van der Waals surface area contributed by atoms with E-state index in [-0.39, 0.29) is 6.42 Å². The average molecular weight is 387 g/mol. The van der Waals surface area contributed by atoms with Gasteiger partial charge < -0.3 is 10.4 Å². The van der Waals surface area contributed by atoms with Crippen molar-refractivity contribution in [2.75, 3.05) is 0 Å². The van der Waals surface area contributed by atoms with E-state index in [0.717, 1.165) is 10.6 Å². The van der Waals surface area contributed by atoms with Gasteiger partial charge in [-0.1, -0.05) is 54.1 Å². The van der Waals surface area contributed by atoms with Crippen LogP contribution in [0.1, 0.15) is 17.3 Å². The molecular formula is C19H15ClN2O3S. The second kappa shape index (κ2) is 8.12. The maximum atomic E-state index is 12.3. The maximum Gasteiger partial charge on any atom is 0.330 e. The van der Waals surface area contributed by atoms with Crippen LogP contribution in [-0.4, -0.2) is 22.0 Å². The second-order valence-corrected chi connectivity index (χ2v) is 6.88. The van der Waals surface area contributed by atoms with Crippen molar-refractivity contribution in [3.05, 3.63) is 76.3 Å². The van der Waals surface area contributed by atoms with E-state index in [4.69, 9.17) is 11.6 Å². The Morgan fingerprint density at radius 1 is 1.15 bits per heavy atom. The molecule has 132 valence electrons. The number of nitrogens with zero attached hydrogens (tertiary/aromatic N) is 1. The lowest BCUT2D eigenvalue weighted by Crippen LogP contribution is -2.34. The van der Waals surface area contributed by atoms with Gasteiger partial charge in [0.05, 0.1) is 12.1 Å².